The molecule has 2 aliphatic rings. The average Bonchev–Trinajstić information content (AvgIpc) is 3.15. The van der Waals surface area contributed by atoms with Crippen LogP contribution < -0.4 is 4.74 Å². The zero-order chi connectivity index (χ0) is 21.1. The molecule has 5 nitrogen and oxygen atoms in total. The van der Waals surface area contributed by atoms with E-state index in [1.54, 1.807) is 6.07 Å². The zero-order valence-electron chi connectivity index (χ0n) is 16.7. The molecule has 30 heavy (non-hydrogen) atoms. The van der Waals surface area contributed by atoms with Gasteiger partial charge in [0.15, 0.2) is 0 Å². The average molecular weight is 451 g/mol. The molecule has 1 saturated heterocycles. The highest BCUT2D eigenvalue weighted by Gasteiger charge is 2.32. The lowest BCUT2D eigenvalue weighted by Crippen LogP contribution is -2.33. The molecule has 1 fully saturated rings. The van der Waals surface area contributed by atoms with Crippen LogP contribution >= 0.6 is 23.4 Å². The molecule has 3 N–H and O–H groups in total. The highest BCUT2D eigenvalue weighted by atomic mass is 35.5. The van der Waals surface area contributed by atoms with Gasteiger partial charge in [-0.05, 0) is 42.2 Å². The van der Waals surface area contributed by atoms with Crippen LogP contribution in [0.15, 0.2) is 41.3 Å². The van der Waals surface area contributed by atoms with Gasteiger partial charge in [0.05, 0.1) is 31.5 Å². The van der Waals surface area contributed by atoms with E-state index in [9.17, 15) is 15.3 Å². The van der Waals surface area contributed by atoms with E-state index in [0.29, 0.717) is 28.9 Å². The molecule has 4 unspecified atom stereocenters. The van der Waals surface area contributed by atoms with Gasteiger partial charge in [-0.2, -0.15) is 0 Å². The summed E-state index contributed by atoms with van der Waals surface area (Å²) in [7, 11) is 0. The molecule has 0 radical (unpaired) electrons. The summed E-state index contributed by atoms with van der Waals surface area (Å²) in [5.41, 5.74) is 3.19. The van der Waals surface area contributed by atoms with Crippen LogP contribution in [0.4, 0.5) is 0 Å². The van der Waals surface area contributed by atoms with Crippen LogP contribution in [0.25, 0.3) is 0 Å². The highest BCUT2D eigenvalue weighted by Crippen LogP contribution is 2.42. The van der Waals surface area contributed by atoms with E-state index in [2.05, 4.69) is 24.3 Å². The molecular formula is C23H27ClO5S. The molecule has 0 saturated carbocycles. The quantitative estimate of drug-likeness (QED) is 0.598. The molecule has 2 aromatic carbocycles. The standard InChI is InChI=1S/C23H27ClO5S/c24-20-12-21(28-6-5-25)19(22-11-16(27)10-17(13-26)29-22)9-15(20)8-18-7-14-3-1-2-4-23(14)30-18/h1-4,9,12,16-18,22,25-27H,5-8,10-11,13H2. The van der Waals surface area contributed by atoms with Crippen LogP contribution in [0.2, 0.25) is 5.02 Å². The van der Waals surface area contributed by atoms with E-state index in [1.807, 2.05) is 17.8 Å². The third-order valence-corrected chi connectivity index (χ3v) is 7.29. The fourth-order valence-electron chi connectivity index (χ4n) is 4.23. The van der Waals surface area contributed by atoms with Gasteiger partial charge in [0.1, 0.15) is 12.4 Å². The fraction of sp³-hybridized carbons (Fsp3) is 0.478. The van der Waals surface area contributed by atoms with Crippen molar-refractivity contribution in [2.45, 2.75) is 54.1 Å². The van der Waals surface area contributed by atoms with Gasteiger partial charge >= 0.3 is 0 Å². The van der Waals surface area contributed by atoms with E-state index in [0.717, 1.165) is 24.0 Å². The fourth-order valence-corrected chi connectivity index (χ4v) is 5.80. The Morgan fingerprint density at radius 2 is 2.00 bits per heavy atom. The van der Waals surface area contributed by atoms with E-state index in [4.69, 9.17) is 21.1 Å². The monoisotopic (exact) mass is 450 g/mol. The Kier molecular flexibility index (Phi) is 7.24. The molecule has 7 heteroatoms. The number of aliphatic hydroxyl groups excluding tert-OH is 3. The maximum Gasteiger partial charge on any atom is 0.126 e. The second kappa shape index (κ2) is 9.90. The molecule has 0 spiro atoms. The van der Waals surface area contributed by atoms with Crippen LogP contribution in [0.1, 0.15) is 35.6 Å². The second-order valence-corrected chi connectivity index (χ2v) is 9.61. The first-order valence-electron chi connectivity index (χ1n) is 10.3. The molecule has 2 aromatic rings. The van der Waals surface area contributed by atoms with Gasteiger partial charge < -0.3 is 24.8 Å². The van der Waals surface area contributed by atoms with E-state index < -0.39 is 18.3 Å². The number of benzene rings is 2. The number of aliphatic hydroxyl groups is 3. The minimum absolute atomic E-state index is 0.108. The number of thioether (sulfide) groups is 1. The van der Waals surface area contributed by atoms with E-state index in [-0.39, 0.29) is 19.8 Å². The van der Waals surface area contributed by atoms with E-state index in [1.165, 1.54) is 10.5 Å². The van der Waals surface area contributed by atoms with Crippen LogP contribution in [-0.2, 0) is 17.6 Å². The zero-order valence-corrected chi connectivity index (χ0v) is 18.2. The molecular weight excluding hydrogens is 424 g/mol. The molecule has 0 aliphatic carbocycles. The van der Waals surface area contributed by atoms with Crippen LogP contribution in [0, 0.1) is 0 Å². The summed E-state index contributed by atoms with van der Waals surface area (Å²) in [6, 6.07) is 12.3. The lowest BCUT2D eigenvalue weighted by molar-refractivity contribution is -0.114. The number of fused-ring (bicyclic) bond motifs is 1. The topological polar surface area (TPSA) is 79.2 Å². The Hall–Kier alpha value is -1.28. The Bertz CT molecular complexity index is 852. The SMILES string of the molecule is OCCOc1cc(Cl)c(CC2Cc3ccccc3S2)cc1C1CC(O)CC(CO)O1. The molecule has 0 aromatic heterocycles. The predicted molar refractivity (Wildman–Crippen MR) is 117 cm³/mol. The minimum Gasteiger partial charge on any atom is -0.491 e. The summed E-state index contributed by atoms with van der Waals surface area (Å²) < 4.78 is 11.8. The summed E-state index contributed by atoms with van der Waals surface area (Å²) >= 11 is 8.49. The predicted octanol–water partition coefficient (Wildman–Crippen LogP) is 3.54. The van der Waals surface area contributed by atoms with Crippen LogP contribution in [0.3, 0.4) is 0 Å². The Morgan fingerprint density at radius 1 is 1.17 bits per heavy atom. The van der Waals surface area contributed by atoms with Gasteiger partial charge in [-0.15, -0.1) is 11.8 Å². The smallest absolute Gasteiger partial charge is 0.126 e. The summed E-state index contributed by atoms with van der Waals surface area (Å²) in [6.07, 6.45) is 1.29. The lowest BCUT2D eigenvalue weighted by Gasteiger charge is -2.33. The highest BCUT2D eigenvalue weighted by molar-refractivity contribution is 8.00. The van der Waals surface area contributed by atoms with Crippen molar-refractivity contribution in [1.82, 2.24) is 0 Å². The van der Waals surface area contributed by atoms with Gasteiger partial charge in [0, 0.05) is 33.6 Å². The number of rotatable bonds is 7. The molecule has 162 valence electrons. The van der Waals surface area contributed by atoms with Crippen molar-refractivity contribution in [2.75, 3.05) is 19.8 Å². The van der Waals surface area contributed by atoms with Crippen LogP contribution in [0.5, 0.6) is 5.75 Å². The molecule has 0 amide bonds. The Balaban J connectivity index is 1.59. The third-order valence-electron chi connectivity index (χ3n) is 5.62. The summed E-state index contributed by atoms with van der Waals surface area (Å²) in [6.45, 7) is -0.101. The van der Waals surface area contributed by atoms with Gasteiger partial charge in [0.2, 0.25) is 0 Å². The number of hydrogen-bond donors (Lipinski definition) is 3. The second-order valence-electron chi connectivity index (χ2n) is 7.86. The number of ether oxygens (including phenoxy) is 2. The first-order chi connectivity index (χ1) is 14.6. The Morgan fingerprint density at radius 3 is 2.77 bits per heavy atom. The normalized spacial score (nSPS) is 25.9. The van der Waals surface area contributed by atoms with Crippen molar-refractivity contribution in [3.8, 4) is 5.75 Å². The van der Waals surface area contributed by atoms with Gasteiger partial charge in [0.25, 0.3) is 0 Å². The van der Waals surface area contributed by atoms with Gasteiger partial charge in [-0.1, -0.05) is 29.8 Å². The van der Waals surface area contributed by atoms with Crippen molar-refractivity contribution in [1.29, 1.82) is 0 Å². The summed E-state index contributed by atoms with van der Waals surface area (Å²) in [5.74, 6) is 0.552. The van der Waals surface area contributed by atoms with Crippen molar-refractivity contribution >= 4 is 23.4 Å². The molecule has 2 heterocycles. The maximum atomic E-state index is 10.3. The first-order valence-corrected chi connectivity index (χ1v) is 11.6. The maximum absolute atomic E-state index is 10.3. The van der Waals surface area contributed by atoms with Crippen molar-refractivity contribution < 1.29 is 24.8 Å². The first kappa shape index (κ1) is 21.9. The van der Waals surface area contributed by atoms with Crippen molar-refractivity contribution in [3.05, 3.63) is 58.1 Å². The number of hydrogen-bond acceptors (Lipinski definition) is 6. The third kappa shape index (κ3) is 4.96. The van der Waals surface area contributed by atoms with E-state index >= 15 is 0 Å². The minimum atomic E-state index is -0.550. The van der Waals surface area contributed by atoms with Crippen molar-refractivity contribution in [3.63, 3.8) is 0 Å². The Labute approximate surface area is 186 Å². The van der Waals surface area contributed by atoms with Gasteiger partial charge in [-0.3, -0.25) is 0 Å². The summed E-state index contributed by atoms with van der Waals surface area (Å²) in [5, 5.41) is 30.0. The number of halogens is 1. The molecule has 2 aliphatic heterocycles. The molecule has 0 bridgehead atoms. The van der Waals surface area contributed by atoms with Crippen molar-refractivity contribution in [2.24, 2.45) is 0 Å². The lowest BCUT2D eigenvalue weighted by atomic mass is 9.93. The van der Waals surface area contributed by atoms with Crippen LogP contribution in [-0.4, -0.2) is 52.6 Å². The summed E-state index contributed by atoms with van der Waals surface area (Å²) in [4.78, 5) is 1.33. The largest absolute Gasteiger partial charge is 0.491 e. The molecule has 4 rings (SSSR count). The molecule has 4 atom stereocenters. The van der Waals surface area contributed by atoms with Gasteiger partial charge in [-0.25, -0.2) is 0 Å².